The Morgan fingerprint density at radius 3 is 2.59 bits per heavy atom. The summed E-state index contributed by atoms with van der Waals surface area (Å²) in [7, 11) is -3.67. The number of rotatable bonds is 3. The van der Waals surface area contributed by atoms with E-state index in [4.69, 9.17) is 4.74 Å². The van der Waals surface area contributed by atoms with Crippen LogP contribution in [0.1, 0.15) is 27.0 Å². The van der Waals surface area contributed by atoms with Crippen LogP contribution in [0.25, 0.3) is 0 Å². The third-order valence-corrected chi connectivity index (χ3v) is 5.10. The number of carbonyl (C=O) groups excluding carboxylic acids is 1. The molecule has 0 radical (unpaired) electrons. The van der Waals surface area contributed by atoms with Gasteiger partial charge in [0.2, 0.25) is 0 Å². The summed E-state index contributed by atoms with van der Waals surface area (Å²) in [4.78, 5) is 11.6. The van der Waals surface area contributed by atoms with Crippen molar-refractivity contribution in [3.8, 4) is 0 Å². The Morgan fingerprint density at radius 2 is 1.86 bits per heavy atom. The van der Waals surface area contributed by atoms with Gasteiger partial charge in [0.1, 0.15) is 6.61 Å². The molecule has 2 aromatic carbocycles. The molecule has 0 saturated heterocycles. The first-order chi connectivity index (χ1) is 10.4. The molecular formula is C16H15NO4S. The van der Waals surface area contributed by atoms with Crippen LogP contribution in [0, 0.1) is 13.8 Å². The van der Waals surface area contributed by atoms with E-state index in [1.165, 1.54) is 0 Å². The van der Waals surface area contributed by atoms with Crippen LogP contribution in [0.4, 0.5) is 5.69 Å². The Morgan fingerprint density at radius 1 is 1.09 bits per heavy atom. The van der Waals surface area contributed by atoms with Crippen LogP contribution in [0.5, 0.6) is 0 Å². The molecule has 2 aromatic rings. The van der Waals surface area contributed by atoms with E-state index in [-0.39, 0.29) is 17.5 Å². The van der Waals surface area contributed by atoms with Gasteiger partial charge in [-0.3, -0.25) is 4.72 Å². The van der Waals surface area contributed by atoms with Gasteiger partial charge in [-0.1, -0.05) is 17.7 Å². The number of benzene rings is 2. The highest BCUT2D eigenvalue weighted by atomic mass is 32.2. The SMILES string of the molecule is Cc1ccc(S(=O)(=O)Nc2ccc3c(c2)COC3=O)c(C)c1. The number of nitrogens with one attached hydrogen (secondary N) is 1. The molecule has 0 bridgehead atoms. The molecule has 0 fully saturated rings. The summed E-state index contributed by atoms with van der Waals surface area (Å²) in [5.74, 6) is -0.376. The minimum Gasteiger partial charge on any atom is -0.457 e. The molecule has 1 heterocycles. The quantitative estimate of drug-likeness (QED) is 0.884. The van der Waals surface area contributed by atoms with E-state index in [1.807, 2.05) is 13.0 Å². The monoisotopic (exact) mass is 317 g/mol. The zero-order valence-corrected chi connectivity index (χ0v) is 13.0. The summed E-state index contributed by atoms with van der Waals surface area (Å²) in [5, 5.41) is 0. The Labute approximate surface area is 129 Å². The molecule has 1 aliphatic rings. The minimum atomic E-state index is -3.67. The number of anilines is 1. The second kappa shape index (κ2) is 5.14. The fourth-order valence-electron chi connectivity index (χ4n) is 2.51. The largest absolute Gasteiger partial charge is 0.457 e. The number of cyclic esters (lactones) is 1. The van der Waals surface area contributed by atoms with Crippen LogP contribution in [0.3, 0.4) is 0 Å². The summed E-state index contributed by atoms with van der Waals surface area (Å²) in [6.07, 6.45) is 0. The molecule has 0 amide bonds. The number of hydrogen-bond acceptors (Lipinski definition) is 4. The van der Waals surface area contributed by atoms with Crippen LogP contribution >= 0.6 is 0 Å². The second-order valence-electron chi connectivity index (χ2n) is 5.32. The number of aryl methyl sites for hydroxylation is 2. The Hall–Kier alpha value is -2.34. The molecule has 0 aliphatic carbocycles. The fourth-order valence-corrected chi connectivity index (χ4v) is 3.79. The molecule has 0 spiro atoms. The van der Waals surface area contributed by atoms with Crippen molar-refractivity contribution >= 4 is 21.7 Å². The van der Waals surface area contributed by atoms with Crippen LogP contribution in [-0.2, 0) is 21.4 Å². The number of carbonyl (C=O) groups is 1. The summed E-state index contributed by atoms with van der Waals surface area (Å²) < 4.78 is 32.4. The third kappa shape index (κ3) is 2.57. The summed E-state index contributed by atoms with van der Waals surface area (Å²) in [5.41, 5.74) is 3.27. The van der Waals surface area contributed by atoms with E-state index in [0.717, 1.165) is 5.56 Å². The maximum atomic E-state index is 12.5. The molecule has 114 valence electrons. The zero-order valence-electron chi connectivity index (χ0n) is 12.2. The molecule has 0 unspecified atom stereocenters. The highest BCUT2D eigenvalue weighted by molar-refractivity contribution is 7.92. The summed E-state index contributed by atoms with van der Waals surface area (Å²) in [6.45, 7) is 3.85. The van der Waals surface area contributed by atoms with Crippen LogP contribution in [0.2, 0.25) is 0 Å². The van der Waals surface area contributed by atoms with E-state index >= 15 is 0 Å². The standard InChI is InChI=1S/C16H15NO4S/c1-10-3-6-15(11(2)7-10)22(19,20)17-13-4-5-14-12(8-13)9-21-16(14)18/h3-8,17H,9H2,1-2H3. The van der Waals surface area contributed by atoms with Crippen molar-refractivity contribution in [1.29, 1.82) is 0 Å². The molecule has 0 atom stereocenters. The van der Waals surface area contributed by atoms with Gasteiger partial charge in [0.15, 0.2) is 0 Å². The lowest BCUT2D eigenvalue weighted by Gasteiger charge is -2.11. The van der Waals surface area contributed by atoms with Crippen molar-refractivity contribution in [3.05, 3.63) is 58.7 Å². The molecule has 0 aromatic heterocycles. The average molecular weight is 317 g/mol. The van der Waals surface area contributed by atoms with Gasteiger partial charge in [0.05, 0.1) is 10.5 Å². The molecule has 0 saturated carbocycles. The Bertz CT molecular complexity index is 872. The van der Waals surface area contributed by atoms with Gasteiger partial charge < -0.3 is 4.74 Å². The topological polar surface area (TPSA) is 72.5 Å². The third-order valence-electron chi connectivity index (χ3n) is 3.56. The van der Waals surface area contributed by atoms with E-state index in [9.17, 15) is 13.2 Å². The second-order valence-corrected chi connectivity index (χ2v) is 6.97. The summed E-state index contributed by atoms with van der Waals surface area (Å²) >= 11 is 0. The van der Waals surface area contributed by atoms with Gasteiger partial charge in [-0.15, -0.1) is 0 Å². The van der Waals surface area contributed by atoms with Gasteiger partial charge in [0, 0.05) is 11.3 Å². The number of hydrogen-bond donors (Lipinski definition) is 1. The normalized spacial score (nSPS) is 13.6. The van der Waals surface area contributed by atoms with Gasteiger partial charge in [-0.2, -0.15) is 0 Å². The highest BCUT2D eigenvalue weighted by Crippen LogP contribution is 2.26. The smallest absolute Gasteiger partial charge is 0.338 e. The van der Waals surface area contributed by atoms with Crippen molar-refractivity contribution in [3.63, 3.8) is 0 Å². The molecular weight excluding hydrogens is 302 g/mol. The number of esters is 1. The van der Waals surface area contributed by atoms with E-state index in [0.29, 0.717) is 22.4 Å². The van der Waals surface area contributed by atoms with Crippen molar-refractivity contribution in [1.82, 2.24) is 0 Å². The summed E-state index contributed by atoms with van der Waals surface area (Å²) in [6, 6.07) is 9.94. The maximum Gasteiger partial charge on any atom is 0.338 e. The van der Waals surface area contributed by atoms with Crippen molar-refractivity contribution in [2.24, 2.45) is 0 Å². The predicted octanol–water partition coefficient (Wildman–Crippen LogP) is 2.77. The Balaban J connectivity index is 1.93. The molecule has 1 N–H and O–H groups in total. The lowest BCUT2D eigenvalue weighted by atomic mass is 10.1. The van der Waals surface area contributed by atoms with E-state index in [1.54, 1.807) is 37.3 Å². The number of sulfonamides is 1. The first-order valence-corrected chi connectivity index (χ1v) is 8.25. The minimum absolute atomic E-state index is 0.174. The Kier molecular flexibility index (Phi) is 3.41. The highest BCUT2D eigenvalue weighted by Gasteiger charge is 2.22. The van der Waals surface area contributed by atoms with Crippen molar-refractivity contribution in [2.45, 2.75) is 25.3 Å². The van der Waals surface area contributed by atoms with Gasteiger partial charge in [0.25, 0.3) is 10.0 Å². The van der Waals surface area contributed by atoms with Gasteiger partial charge in [-0.05, 0) is 43.7 Å². The molecule has 3 rings (SSSR count). The van der Waals surface area contributed by atoms with Crippen molar-refractivity contribution in [2.75, 3.05) is 4.72 Å². The number of fused-ring (bicyclic) bond motifs is 1. The first kappa shape index (κ1) is 14.6. The fraction of sp³-hybridized carbons (Fsp3) is 0.188. The maximum absolute atomic E-state index is 12.5. The lowest BCUT2D eigenvalue weighted by Crippen LogP contribution is -2.14. The molecule has 1 aliphatic heterocycles. The first-order valence-electron chi connectivity index (χ1n) is 6.77. The van der Waals surface area contributed by atoms with Crippen molar-refractivity contribution < 1.29 is 17.9 Å². The average Bonchev–Trinajstić information content (AvgIpc) is 2.79. The molecule has 5 nitrogen and oxygen atoms in total. The van der Waals surface area contributed by atoms with Crippen LogP contribution in [0.15, 0.2) is 41.3 Å². The molecule has 22 heavy (non-hydrogen) atoms. The van der Waals surface area contributed by atoms with E-state index < -0.39 is 10.0 Å². The predicted molar refractivity (Wildman–Crippen MR) is 82.3 cm³/mol. The van der Waals surface area contributed by atoms with Crippen LogP contribution < -0.4 is 4.72 Å². The molecule has 6 heteroatoms. The number of ether oxygens (including phenoxy) is 1. The van der Waals surface area contributed by atoms with E-state index in [2.05, 4.69) is 4.72 Å². The van der Waals surface area contributed by atoms with Gasteiger partial charge >= 0.3 is 5.97 Å². The zero-order chi connectivity index (χ0) is 15.9. The van der Waals surface area contributed by atoms with Gasteiger partial charge in [-0.25, -0.2) is 13.2 Å². The lowest BCUT2D eigenvalue weighted by molar-refractivity contribution is 0.0535. The van der Waals surface area contributed by atoms with Crippen LogP contribution in [-0.4, -0.2) is 14.4 Å².